The molecule has 1 aliphatic heterocycles. The van der Waals surface area contributed by atoms with Crippen LogP contribution in [0, 0.1) is 0 Å². The summed E-state index contributed by atoms with van der Waals surface area (Å²) in [5, 5.41) is 0. The van der Waals surface area contributed by atoms with Gasteiger partial charge in [0.2, 0.25) is 11.8 Å². The van der Waals surface area contributed by atoms with Gasteiger partial charge in [0.25, 0.3) is 0 Å². The van der Waals surface area contributed by atoms with Gasteiger partial charge in [0.05, 0.1) is 5.41 Å². The molecule has 0 N–H and O–H groups in total. The van der Waals surface area contributed by atoms with Crippen molar-refractivity contribution in [1.29, 1.82) is 0 Å². The number of hydrogen-bond acceptors (Lipinski definition) is 3. The van der Waals surface area contributed by atoms with Gasteiger partial charge in [-0.2, -0.15) is 0 Å². The molecule has 1 fully saturated rings. The van der Waals surface area contributed by atoms with E-state index in [1.54, 1.807) is 4.90 Å². The Balaban J connectivity index is 0.00000225. The van der Waals surface area contributed by atoms with E-state index in [-0.39, 0.29) is 30.3 Å². The minimum Gasteiger partial charge on any atom is -0.302 e. The van der Waals surface area contributed by atoms with Crippen LogP contribution in [-0.2, 0) is 21.4 Å². The van der Waals surface area contributed by atoms with Gasteiger partial charge in [-0.1, -0.05) is 38.1 Å². The number of likely N-dealkylation sites (tertiary alicyclic amines) is 1. The fraction of sp³-hybridized carbons (Fsp3) is 0.600. The molecule has 5 heteroatoms. The number of rotatable bonds is 5. The van der Waals surface area contributed by atoms with Crippen molar-refractivity contribution in [3.8, 4) is 0 Å². The molecule has 1 aromatic carbocycles. The number of aryl methyl sites for hydroxylation is 1. The molecule has 0 saturated carbocycles. The molecular weight excluding hydrogens is 336 g/mol. The highest BCUT2D eigenvalue weighted by molar-refractivity contribution is 6.09. The molecule has 0 radical (unpaired) electrons. The van der Waals surface area contributed by atoms with E-state index in [9.17, 15) is 9.59 Å². The van der Waals surface area contributed by atoms with Crippen LogP contribution >= 0.6 is 12.4 Å². The number of imide groups is 1. The standard InChI is InChI=1S/C20H28N2O2.ClH/c1-4-21(5-2)14-15(3)22-18(23)13-20(19(22)24)12-8-10-16-9-6-7-11-17(16)20;/h6-7,9,11,15H,4-5,8,10,12-14H2,1-3H3;1H/t15-,20+;/m1./s1. The first-order valence-electron chi connectivity index (χ1n) is 9.20. The number of amides is 2. The monoisotopic (exact) mass is 364 g/mol. The SMILES string of the molecule is CCN(CC)C[C@@H](C)N1C(=O)C[C@]2(CCCc3ccccc32)C1=O.Cl. The van der Waals surface area contributed by atoms with Gasteiger partial charge in [-0.25, -0.2) is 0 Å². The number of hydrogen-bond donors (Lipinski definition) is 0. The van der Waals surface area contributed by atoms with Gasteiger partial charge in [0.15, 0.2) is 0 Å². The summed E-state index contributed by atoms with van der Waals surface area (Å²) in [4.78, 5) is 29.9. The van der Waals surface area contributed by atoms with Crippen LogP contribution in [0.2, 0.25) is 0 Å². The predicted molar refractivity (Wildman–Crippen MR) is 102 cm³/mol. The Bertz CT molecular complexity index is 644. The number of carbonyl (C=O) groups is 2. The highest BCUT2D eigenvalue weighted by atomic mass is 35.5. The summed E-state index contributed by atoms with van der Waals surface area (Å²) in [5.41, 5.74) is 1.72. The lowest BCUT2D eigenvalue weighted by atomic mass is 9.69. The molecule has 1 aliphatic carbocycles. The van der Waals surface area contributed by atoms with Gasteiger partial charge in [0.1, 0.15) is 0 Å². The van der Waals surface area contributed by atoms with Gasteiger partial charge in [-0.3, -0.25) is 14.5 Å². The molecule has 4 nitrogen and oxygen atoms in total. The van der Waals surface area contributed by atoms with Gasteiger partial charge in [-0.15, -0.1) is 12.4 Å². The fourth-order valence-corrected chi connectivity index (χ4v) is 4.47. The lowest BCUT2D eigenvalue weighted by Gasteiger charge is -2.35. The van der Waals surface area contributed by atoms with Crippen molar-refractivity contribution in [2.45, 2.75) is 57.9 Å². The summed E-state index contributed by atoms with van der Waals surface area (Å²) in [7, 11) is 0. The Labute approximate surface area is 157 Å². The van der Waals surface area contributed by atoms with E-state index in [1.807, 2.05) is 19.1 Å². The number of nitrogens with zero attached hydrogens (tertiary/aromatic N) is 2. The predicted octanol–water partition coefficient (Wildman–Crippen LogP) is 3.17. The second-order valence-electron chi connectivity index (χ2n) is 7.17. The molecule has 138 valence electrons. The van der Waals surface area contributed by atoms with Crippen LogP contribution in [0.25, 0.3) is 0 Å². The van der Waals surface area contributed by atoms with Gasteiger partial charge in [0, 0.05) is 19.0 Å². The normalized spacial score (nSPS) is 23.8. The highest BCUT2D eigenvalue weighted by Gasteiger charge is 2.55. The number of fused-ring (bicyclic) bond motifs is 2. The van der Waals surface area contributed by atoms with Crippen LogP contribution in [0.15, 0.2) is 24.3 Å². The van der Waals surface area contributed by atoms with E-state index in [0.717, 1.165) is 44.5 Å². The Morgan fingerprint density at radius 1 is 1.20 bits per heavy atom. The molecule has 0 unspecified atom stereocenters. The summed E-state index contributed by atoms with van der Waals surface area (Å²) in [6.07, 6.45) is 3.12. The first-order valence-corrected chi connectivity index (χ1v) is 9.20. The number of halogens is 1. The van der Waals surface area contributed by atoms with Crippen molar-refractivity contribution in [3.05, 3.63) is 35.4 Å². The van der Waals surface area contributed by atoms with Gasteiger partial charge < -0.3 is 4.90 Å². The first-order chi connectivity index (χ1) is 11.5. The highest BCUT2D eigenvalue weighted by Crippen LogP contribution is 2.45. The molecular formula is C20H29ClN2O2. The average molecular weight is 365 g/mol. The summed E-state index contributed by atoms with van der Waals surface area (Å²) >= 11 is 0. The van der Waals surface area contributed by atoms with Crippen LogP contribution in [-0.4, -0.2) is 47.3 Å². The molecule has 0 bridgehead atoms. The fourth-order valence-electron chi connectivity index (χ4n) is 4.47. The van der Waals surface area contributed by atoms with Crippen LogP contribution in [0.4, 0.5) is 0 Å². The van der Waals surface area contributed by atoms with Crippen molar-refractivity contribution < 1.29 is 9.59 Å². The van der Waals surface area contributed by atoms with E-state index in [4.69, 9.17) is 0 Å². The maximum Gasteiger partial charge on any atom is 0.240 e. The van der Waals surface area contributed by atoms with Crippen molar-refractivity contribution in [2.75, 3.05) is 19.6 Å². The van der Waals surface area contributed by atoms with E-state index in [1.165, 1.54) is 5.56 Å². The second kappa shape index (κ2) is 7.88. The van der Waals surface area contributed by atoms with Crippen molar-refractivity contribution in [2.24, 2.45) is 0 Å². The zero-order valence-electron chi connectivity index (χ0n) is 15.5. The largest absolute Gasteiger partial charge is 0.302 e. The maximum absolute atomic E-state index is 13.3. The van der Waals surface area contributed by atoms with Crippen LogP contribution < -0.4 is 0 Å². The van der Waals surface area contributed by atoms with Gasteiger partial charge >= 0.3 is 0 Å². The van der Waals surface area contributed by atoms with E-state index in [2.05, 4.69) is 30.9 Å². The maximum atomic E-state index is 13.3. The van der Waals surface area contributed by atoms with Crippen LogP contribution in [0.1, 0.15) is 51.2 Å². The Kier molecular flexibility index (Phi) is 6.28. The zero-order valence-corrected chi connectivity index (χ0v) is 16.3. The van der Waals surface area contributed by atoms with Crippen molar-refractivity contribution in [1.82, 2.24) is 9.80 Å². The number of carbonyl (C=O) groups excluding carboxylic acids is 2. The third-order valence-electron chi connectivity index (χ3n) is 5.79. The van der Waals surface area contributed by atoms with E-state index < -0.39 is 5.41 Å². The molecule has 25 heavy (non-hydrogen) atoms. The zero-order chi connectivity index (χ0) is 17.3. The molecule has 1 spiro atoms. The van der Waals surface area contributed by atoms with Gasteiger partial charge in [-0.05, 0) is 50.4 Å². The quantitative estimate of drug-likeness (QED) is 0.753. The van der Waals surface area contributed by atoms with Crippen molar-refractivity contribution in [3.63, 3.8) is 0 Å². The Morgan fingerprint density at radius 3 is 2.56 bits per heavy atom. The molecule has 1 heterocycles. The Morgan fingerprint density at radius 2 is 1.88 bits per heavy atom. The molecule has 2 amide bonds. The minimum atomic E-state index is -0.608. The summed E-state index contributed by atoms with van der Waals surface area (Å²) < 4.78 is 0. The van der Waals surface area contributed by atoms with E-state index in [0.29, 0.717) is 6.42 Å². The topological polar surface area (TPSA) is 40.6 Å². The van der Waals surface area contributed by atoms with Crippen molar-refractivity contribution >= 4 is 24.2 Å². The van der Waals surface area contributed by atoms with Crippen LogP contribution in [0.3, 0.4) is 0 Å². The second-order valence-corrected chi connectivity index (χ2v) is 7.17. The lowest BCUT2D eigenvalue weighted by molar-refractivity contribution is -0.142. The first kappa shape index (κ1) is 19.9. The summed E-state index contributed by atoms with van der Waals surface area (Å²) in [6.45, 7) is 8.85. The third kappa shape index (κ3) is 3.34. The van der Waals surface area contributed by atoms with E-state index >= 15 is 0 Å². The molecule has 0 aromatic heterocycles. The molecule has 2 atom stereocenters. The molecule has 1 aromatic rings. The number of likely N-dealkylation sites (N-methyl/N-ethyl adjacent to an activating group) is 1. The Hall–Kier alpha value is -1.39. The third-order valence-corrected chi connectivity index (χ3v) is 5.79. The smallest absolute Gasteiger partial charge is 0.240 e. The molecule has 3 rings (SSSR count). The number of benzene rings is 1. The van der Waals surface area contributed by atoms with Crippen LogP contribution in [0.5, 0.6) is 0 Å². The lowest BCUT2D eigenvalue weighted by Crippen LogP contribution is -2.48. The molecule has 1 saturated heterocycles. The summed E-state index contributed by atoms with van der Waals surface area (Å²) in [5.74, 6) is 0.0238. The summed E-state index contributed by atoms with van der Waals surface area (Å²) in [6, 6.07) is 8.11. The molecule has 2 aliphatic rings. The average Bonchev–Trinajstić information content (AvgIpc) is 2.84. The minimum absolute atomic E-state index is 0.